The van der Waals surface area contributed by atoms with Crippen LogP contribution in [0.4, 0.5) is 0 Å². The minimum Gasteiger partial charge on any atom is -0.494 e. The molecule has 5 heteroatoms. The summed E-state index contributed by atoms with van der Waals surface area (Å²) in [5.41, 5.74) is 0.748. The Balaban J connectivity index is 2.24. The van der Waals surface area contributed by atoms with Crippen LogP contribution in [0, 0.1) is 0 Å². The van der Waals surface area contributed by atoms with Crippen molar-refractivity contribution >= 4 is 5.97 Å². The van der Waals surface area contributed by atoms with Gasteiger partial charge in [0.05, 0.1) is 6.61 Å². The van der Waals surface area contributed by atoms with Crippen LogP contribution in [0.2, 0.25) is 0 Å². The highest BCUT2D eigenvalue weighted by atomic mass is 16.5. The molecule has 1 aliphatic heterocycles. The molecule has 0 aromatic heterocycles. The summed E-state index contributed by atoms with van der Waals surface area (Å²) >= 11 is 0. The van der Waals surface area contributed by atoms with Gasteiger partial charge in [0, 0.05) is 31.2 Å². The van der Waals surface area contributed by atoms with E-state index in [0.717, 1.165) is 38.2 Å². The molecule has 5 nitrogen and oxygen atoms in total. The Bertz CT molecular complexity index is 521. The van der Waals surface area contributed by atoms with Gasteiger partial charge >= 0.3 is 5.97 Å². The van der Waals surface area contributed by atoms with Gasteiger partial charge in [-0.1, -0.05) is 25.1 Å². The molecule has 0 radical (unpaired) electrons. The van der Waals surface area contributed by atoms with Gasteiger partial charge in [0.15, 0.2) is 0 Å². The van der Waals surface area contributed by atoms with Gasteiger partial charge in [-0.15, -0.1) is 0 Å². The Hall–Kier alpha value is -1.59. The van der Waals surface area contributed by atoms with Crippen LogP contribution >= 0.6 is 0 Å². The van der Waals surface area contributed by atoms with E-state index in [2.05, 4.69) is 23.6 Å². The first-order chi connectivity index (χ1) is 11.1. The van der Waals surface area contributed by atoms with Crippen molar-refractivity contribution < 1.29 is 14.6 Å². The van der Waals surface area contributed by atoms with E-state index in [0.29, 0.717) is 12.4 Å². The van der Waals surface area contributed by atoms with Crippen molar-refractivity contribution in [1.82, 2.24) is 9.80 Å². The van der Waals surface area contributed by atoms with Gasteiger partial charge in [0.25, 0.3) is 0 Å². The predicted molar refractivity (Wildman–Crippen MR) is 90.9 cm³/mol. The van der Waals surface area contributed by atoms with E-state index in [-0.39, 0.29) is 6.04 Å². The second-order valence-corrected chi connectivity index (χ2v) is 6.10. The first-order valence-corrected chi connectivity index (χ1v) is 8.51. The number of piperazine rings is 1. The average Bonchev–Trinajstić information content (AvgIpc) is 2.51. The van der Waals surface area contributed by atoms with Crippen molar-refractivity contribution in [2.24, 2.45) is 0 Å². The first-order valence-electron chi connectivity index (χ1n) is 8.51. The third-order valence-corrected chi connectivity index (χ3v) is 4.38. The molecule has 23 heavy (non-hydrogen) atoms. The maximum Gasteiger partial charge on any atom is 0.325 e. The lowest BCUT2D eigenvalue weighted by molar-refractivity contribution is -0.145. The molecule has 1 heterocycles. The summed E-state index contributed by atoms with van der Waals surface area (Å²) in [5.74, 6) is -0.140. The SMILES string of the molecule is CCCN1CCN(C(C(=O)O)c2ccccc2OCC)C(C)C1. The summed E-state index contributed by atoms with van der Waals surface area (Å²) in [6.07, 6.45) is 1.13. The molecule has 1 fully saturated rings. The summed E-state index contributed by atoms with van der Waals surface area (Å²) in [6.45, 7) is 10.4. The molecule has 0 amide bonds. The van der Waals surface area contributed by atoms with E-state index in [4.69, 9.17) is 4.74 Å². The fraction of sp³-hybridized carbons (Fsp3) is 0.611. The second-order valence-electron chi connectivity index (χ2n) is 6.10. The molecule has 2 atom stereocenters. The third kappa shape index (κ3) is 4.24. The van der Waals surface area contributed by atoms with Gasteiger partial charge in [0.1, 0.15) is 11.8 Å². The zero-order chi connectivity index (χ0) is 16.8. The van der Waals surface area contributed by atoms with Crippen molar-refractivity contribution in [2.45, 2.75) is 39.3 Å². The first kappa shape index (κ1) is 17.8. The number of hydrogen-bond donors (Lipinski definition) is 1. The molecule has 1 aliphatic rings. The predicted octanol–water partition coefficient (Wildman–Crippen LogP) is 2.63. The van der Waals surface area contributed by atoms with E-state index in [9.17, 15) is 9.90 Å². The second kappa shape index (κ2) is 8.31. The number of carboxylic acid groups (broad SMARTS) is 1. The van der Waals surface area contributed by atoms with E-state index in [1.165, 1.54) is 0 Å². The molecule has 1 aromatic rings. The molecule has 2 unspecified atom stereocenters. The van der Waals surface area contributed by atoms with Crippen molar-refractivity contribution in [3.05, 3.63) is 29.8 Å². The van der Waals surface area contributed by atoms with Gasteiger partial charge in [-0.2, -0.15) is 0 Å². The van der Waals surface area contributed by atoms with Crippen molar-refractivity contribution in [3.8, 4) is 5.75 Å². The van der Waals surface area contributed by atoms with E-state index >= 15 is 0 Å². The molecule has 0 aliphatic carbocycles. The number of benzene rings is 1. The highest BCUT2D eigenvalue weighted by molar-refractivity contribution is 5.76. The van der Waals surface area contributed by atoms with Gasteiger partial charge in [0.2, 0.25) is 0 Å². The number of aliphatic carboxylic acids is 1. The molecule has 1 N–H and O–H groups in total. The van der Waals surface area contributed by atoms with Gasteiger partial charge < -0.3 is 14.7 Å². The lowest BCUT2D eigenvalue weighted by Gasteiger charge is -2.42. The topological polar surface area (TPSA) is 53.0 Å². The van der Waals surface area contributed by atoms with Crippen molar-refractivity contribution in [2.75, 3.05) is 32.8 Å². The number of para-hydroxylation sites is 1. The molecule has 128 valence electrons. The zero-order valence-electron chi connectivity index (χ0n) is 14.4. The zero-order valence-corrected chi connectivity index (χ0v) is 14.4. The molecular formula is C18H28N2O3. The summed E-state index contributed by atoms with van der Waals surface area (Å²) in [5, 5.41) is 9.85. The van der Waals surface area contributed by atoms with Crippen molar-refractivity contribution in [1.29, 1.82) is 0 Å². The molecule has 0 spiro atoms. The Morgan fingerprint density at radius 2 is 2.09 bits per heavy atom. The Morgan fingerprint density at radius 1 is 1.35 bits per heavy atom. The maximum absolute atomic E-state index is 12.0. The minimum atomic E-state index is -0.812. The number of ether oxygens (including phenoxy) is 1. The normalized spacial score (nSPS) is 21.1. The van der Waals surface area contributed by atoms with E-state index in [1.807, 2.05) is 31.2 Å². The van der Waals surface area contributed by atoms with Gasteiger partial charge in [-0.3, -0.25) is 9.69 Å². The molecule has 0 bridgehead atoms. The fourth-order valence-electron chi connectivity index (χ4n) is 3.40. The number of carboxylic acids is 1. The van der Waals surface area contributed by atoms with Crippen LogP contribution in [0.3, 0.4) is 0 Å². The van der Waals surface area contributed by atoms with Gasteiger partial charge in [-0.25, -0.2) is 0 Å². The molecule has 1 saturated heterocycles. The highest BCUT2D eigenvalue weighted by Gasteiger charge is 2.35. The Kier molecular flexibility index (Phi) is 6.42. The summed E-state index contributed by atoms with van der Waals surface area (Å²) in [4.78, 5) is 16.5. The van der Waals surface area contributed by atoms with Crippen LogP contribution in [0.5, 0.6) is 5.75 Å². The standard InChI is InChI=1S/C18H28N2O3/c1-4-10-19-11-12-20(14(3)13-19)17(18(21)22)15-8-6-7-9-16(15)23-5-2/h6-9,14,17H,4-5,10-13H2,1-3H3,(H,21,22). The summed E-state index contributed by atoms with van der Waals surface area (Å²) in [6, 6.07) is 7.03. The number of rotatable bonds is 7. The van der Waals surface area contributed by atoms with Crippen molar-refractivity contribution in [3.63, 3.8) is 0 Å². The minimum absolute atomic E-state index is 0.200. The van der Waals surface area contributed by atoms with Crippen LogP contribution < -0.4 is 4.74 Å². The number of carbonyl (C=O) groups is 1. The molecule has 1 aromatic carbocycles. The molecular weight excluding hydrogens is 292 g/mol. The average molecular weight is 320 g/mol. The van der Waals surface area contributed by atoms with Crippen LogP contribution in [-0.4, -0.2) is 59.7 Å². The lowest BCUT2D eigenvalue weighted by atomic mass is 10.0. The summed E-state index contributed by atoms with van der Waals surface area (Å²) in [7, 11) is 0. The fourth-order valence-corrected chi connectivity index (χ4v) is 3.40. The van der Waals surface area contributed by atoms with Gasteiger partial charge in [-0.05, 0) is 32.9 Å². The Labute approximate surface area is 138 Å². The molecule has 0 saturated carbocycles. The summed E-state index contributed by atoms with van der Waals surface area (Å²) < 4.78 is 5.65. The maximum atomic E-state index is 12.0. The van der Waals surface area contributed by atoms with Crippen LogP contribution in [0.15, 0.2) is 24.3 Å². The smallest absolute Gasteiger partial charge is 0.325 e. The van der Waals surface area contributed by atoms with Crippen LogP contribution in [-0.2, 0) is 4.79 Å². The lowest BCUT2D eigenvalue weighted by Crippen LogP contribution is -2.54. The third-order valence-electron chi connectivity index (χ3n) is 4.38. The monoisotopic (exact) mass is 320 g/mol. The Morgan fingerprint density at radius 3 is 2.70 bits per heavy atom. The highest BCUT2D eigenvalue weighted by Crippen LogP contribution is 2.32. The van der Waals surface area contributed by atoms with E-state index in [1.54, 1.807) is 0 Å². The van der Waals surface area contributed by atoms with Crippen LogP contribution in [0.25, 0.3) is 0 Å². The molecule has 2 rings (SSSR count). The van der Waals surface area contributed by atoms with E-state index < -0.39 is 12.0 Å². The number of nitrogens with zero attached hydrogens (tertiary/aromatic N) is 2. The largest absolute Gasteiger partial charge is 0.494 e. The quantitative estimate of drug-likeness (QED) is 0.837. The van der Waals surface area contributed by atoms with Crippen LogP contribution in [0.1, 0.15) is 38.8 Å². The number of hydrogen-bond acceptors (Lipinski definition) is 4.